The van der Waals surface area contributed by atoms with Crippen molar-refractivity contribution in [3.63, 3.8) is 0 Å². The Kier molecular flexibility index (Phi) is 5.34. The highest BCUT2D eigenvalue weighted by molar-refractivity contribution is 7.90. The Morgan fingerprint density at radius 1 is 1.18 bits per heavy atom. The van der Waals surface area contributed by atoms with Gasteiger partial charge < -0.3 is 9.47 Å². The average Bonchev–Trinajstić information content (AvgIpc) is 2.88. The van der Waals surface area contributed by atoms with Crippen LogP contribution in [0.15, 0.2) is 53.1 Å². The highest BCUT2D eigenvalue weighted by Crippen LogP contribution is 2.42. The minimum Gasteiger partial charge on any atom is -0.449 e. The van der Waals surface area contributed by atoms with Crippen LogP contribution in [-0.4, -0.2) is 26.2 Å². The summed E-state index contributed by atoms with van der Waals surface area (Å²) in [4.78, 5) is 12.7. The molecule has 2 atom stereocenters. The van der Waals surface area contributed by atoms with Crippen molar-refractivity contribution in [2.45, 2.75) is 30.8 Å². The van der Waals surface area contributed by atoms with Crippen molar-refractivity contribution >= 4 is 35.9 Å². The Hall–Kier alpha value is -2.24. The van der Waals surface area contributed by atoms with Crippen molar-refractivity contribution in [1.82, 2.24) is 0 Å². The predicted octanol–water partition coefficient (Wildman–Crippen LogP) is 3.25. The maximum Gasteiger partial charge on any atom is 0.375 e. The molecule has 0 aromatic heterocycles. The maximum atomic E-state index is 13.5. The van der Waals surface area contributed by atoms with Crippen LogP contribution in [0, 0.1) is 5.82 Å². The van der Waals surface area contributed by atoms with Gasteiger partial charge >= 0.3 is 5.97 Å². The van der Waals surface area contributed by atoms with Gasteiger partial charge in [0.2, 0.25) is 5.76 Å². The minimum absolute atomic E-state index is 0.00691. The zero-order valence-electron chi connectivity index (χ0n) is 15.7. The van der Waals surface area contributed by atoms with Crippen LogP contribution in [0.25, 0.3) is 5.57 Å². The first-order valence-corrected chi connectivity index (χ1v) is 11.0. The number of benzene rings is 2. The lowest BCUT2D eigenvalue weighted by Crippen LogP contribution is -2.26. The first kappa shape index (κ1) is 20.5. The van der Waals surface area contributed by atoms with Crippen molar-refractivity contribution in [2.75, 3.05) is 6.26 Å². The Labute approximate surface area is 165 Å². The molecule has 0 saturated heterocycles. The van der Waals surface area contributed by atoms with E-state index in [9.17, 15) is 17.6 Å². The fraction of sp³-hybridized carbons (Fsp3) is 0.250. The average molecular weight is 422 g/mol. The Morgan fingerprint density at radius 3 is 2.36 bits per heavy atom. The molecular weight excluding hydrogens is 402 g/mol. The molecule has 0 amide bonds. The lowest BCUT2D eigenvalue weighted by Gasteiger charge is -2.24. The molecule has 0 bridgehead atoms. The predicted molar refractivity (Wildman–Crippen MR) is 108 cm³/mol. The molecule has 0 fully saturated rings. The van der Waals surface area contributed by atoms with Gasteiger partial charge in [0.1, 0.15) is 17.2 Å². The number of hydrogen-bond acceptors (Lipinski definition) is 5. The molecule has 0 aliphatic carbocycles. The third-order valence-electron chi connectivity index (χ3n) is 4.69. The molecule has 1 heterocycles. The van der Waals surface area contributed by atoms with Crippen LogP contribution < -0.4 is 10.0 Å². The van der Waals surface area contributed by atoms with E-state index in [0.29, 0.717) is 28.6 Å². The smallest absolute Gasteiger partial charge is 0.375 e. The molecule has 5 nitrogen and oxygen atoms in total. The summed E-state index contributed by atoms with van der Waals surface area (Å²) in [6.07, 6.45) is 1.62. The standard InChI is InChI=1S/C20H20FO5PS/c1-4-20(2)17(12-5-8-14(9-6-12)28(3,23)24)18(19(22)26-20)25-13-7-10-15(21)16(27)11-13/h5-11H,4,27H2,1-3H3. The number of ether oxygens (including phenoxy) is 2. The first-order valence-electron chi connectivity index (χ1n) is 8.56. The Morgan fingerprint density at radius 2 is 1.82 bits per heavy atom. The topological polar surface area (TPSA) is 69.7 Å². The number of carbonyl (C=O) groups is 1. The van der Waals surface area contributed by atoms with Gasteiger partial charge in [0.15, 0.2) is 9.84 Å². The van der Waals surface area contributed by atoms with E-state index in [1.807, 2.05) is 6.92 Å². The van der Waals surface area contributed by atoms with Gasteiger partial charge in [-0.2, -0.15) is 0 Å². The quantitative estimate of drug-likeness (QED) is 0.547. The summed E-state index contributed by atoms with van der Waals surface area (Å²) in [7, 11) is -1.08. The molecule has 1 aliphatic rings. The fourth-order valence-electron chi connectivity index (χ4n) is 2.99. The summed E-state index contributed by atoms with van der Waals surface area (Å²) in [5, 5.41) is 0.307. The molecule has 0 radical (unpaired) electrons. The number of halogens is 1. The first-order chi connectivity index (χ1) is 13.0. The monoisotopic (exact) mass is 422 g/mol. The maximum absolute atomic E-state index is 13.5. The fourth-order valence-corrected chi connectivity index (χ4v) is 3.89. The SMILES string of the molecule is CCC1(C)OC(=O)C(Oc2ccc(F)c(P)c2)=C1c1ccc(S(C)(=O)=O)cc1. The second kappa shape index (κ2) is 7.30. The summed E-state index contributed by atoms with van der Waals surface area (Å²) in [6.45, 7) is 3.65. The summed E-state index contributed by atoms with van der Waals surface area (Å²) >= 11 is 0. The molecule has 0 N–H and O–H groups in total. The lowest BCUT2D eigenvalue weighted by molar-refractivity contribution is -0.147. The number of carbonyl (C=O) groups excluding carboxylic acids is 1. The van der Waals surface area contributed by atoms with Gasteiger partial charge in [-0.05, 0) is 49.2 Å². The summed E-state index contributed by atoms with van der Waals surface area (Å²) in [5.41, 5.74) is 0.212. The number of sulfone groups is 1. The van der Waals surface area contributed by atoms with E-state index in [1.54, 1.807) is 19.1 Å². The third kappa shape index (κ3) is 3.82. The highest BCUT2D eigenvalue weighted by atomic mass is 32.2. The van der Waals surface area contributed by atoms with E-state index in [1.165, 1.54) is 30.3 Å². The zero-order valence-corrected chi connectivity index (χ0v) is 17.6. The van der Waals surface area contributed by atoms with Crippen LogP contribution >= 0.6 is 9.24 Å². The van der Waals surface area contributed by atoms with Gasteiger partial charge in [0.25, 0.3) is 0 Å². The number of hydrogen-bond donors (Lipinski definition) is 0. The van der Waals surface area contributed by atoms with Gasteiger partial charge in [-0.15, -0.1) is 9.24 Å². The third-order valence-corrected chi connectivity index (χ3v) is 6.26. The van der Waals surface area contributed by atoms with Crippen LogP contribution in [0.2, 0.25) is 0 Å². The van der Waals surface area contributed by atoms with Crippen LogP contribution in [0.4, 0.5) is 4.39 Å². The highest BCUT2D eigenvalue weighted by Gasteiger charge is 2.45. The second-order valence-corrected chi connectivity index (χ2v) is 9.40. The van der Waals surface area contributed by atoms with Crippen LogP contribution in [0.3, 0.4) is 0 Å². The summed E-state index contributed by atoms with van der Waals surface area (Å²) in [6, 6.07) is 10.3. The molecule has 2 unspecified atom stereocenters. The molecule has 0 saturated carbocycles. The zero-order chi connectivity index (χ0) is 20.7. The van der Waals surface area contributed by atoms with E-state index in [0.717, 1.165) is 6.26 Å². The van der Waals surface area contributed by atoms with Gasteiger partial charge in [-0.3, -0.25) is 0 Å². The molecule has 148 valence electrons. The number of rotatable bonds is 5. The van der Waals surface area contributed by atoms with E-state index in [4.69, 9.17) is 9.47 Å². The van der Waals surface area contributed by atoms with Crippen molar-refractivity contribution in [3.05, 3.63) is 59.6 Å². The lowest BCUT2D eigenvalue weighted by atomic mass is 9.88. The molecular formula is C20H20FO5PS. The largest absolute Gasteiger partial charge is 0.449 e. The van der Waals surface area contributed by atoms with Gasteiger partial charge in [0, 0.05) is 11.6 Å². The van der Waals surface area contributed by atoms with Crippen molar-refractivity contribution in [1.29, 1.82) is 0 Å². The molecule has 28 heavy (non-hydrogen) atoms. The molecule has 1 aliphatic heterocycles. The Balaban J connectivity index is 2.12. The van der Waals surface area contributed by atoms with Gasteiger partial charge in [-0.1, -0.05) is 19.1 Å². The Bertz CT molecular complexity index is 1080. The van der Waals surface area contributed by atoms with E-state index < -0.39 is 27.2 Å². The summed E-state index contributed by atoms with van der Waals surface area (Å²) in [5.74, 6) is -0.729. The van der Waals surface area contributed by atoms with Gasteiger partial charge in [-0.25, -0.2) is 17.6 Å². The van der Waals surface area contributed by atoms with E-state index in [-0.39, 0.29) is 10.7 Å². The van der Waals surface area contributed by atoms with Crippen LogP contribution in [-0.2, 0) is 19.4 Å². The molecule has 2 aromatic carbocycles. The van der Waals surface area contributed by atoms with Crippen molar-refractivity contribution in [2.24, 2.45) is 0 Å². The molecule has 3 rings (SSSR count). The van der Waals surface area contributed by atoms with Crippen LogP contribution in [0.5, 0.6) is 5.75 Å². The number of cyclic esters (lactones) is 1. The minimum atomic E-state index is -3.34. The molecule has 8 heteroatoms. The van der Waals surface area contributed by atoms with Crippen molar-refractivity contribution in [3.8, 4) is 5.75 Å². The van der Waals surface area contributed by atoms with E-state index >= 15 is 0 Å². The number of esters is 1. The normalized spacial score (nSPS) is 19.7. The molecule has 0 spiro atoms. The van der Waals surface area contributed by atoms with E-state index in [2.05, 4.69) is 9.24 Å². The van der Waals surface area contributed by atoms with Gasteiger partial charge in [0.05, 0.1) is 10.5 Å². The molecule has 2 aromatic rings. The van der Waals surface area contributed by atoms with Crippen molar-refractivity contribution < 1.29 is 27.1 Å². The van der Waals surface area contributed by atoms with Crippen LogP contribution in [0.1, 0.15) is 25.8 Å². The second-order valence-electron chi connectivity index (χ2n) is 6.76. The summed E-state index contributed by atoms with van der Waals surface area (Å²) < 4.78 is 48.3.